The maximum absolute atomic E-state index is 13.1. The third kappa shape index (κ3) is 5.08. The van der Waals surface area contributed by atoms with Crippen LogP contribution in [0.5, 0.6) is 17.2 Å². The number of benzene rings is 3. The molecule has 3 rings (SSSR count). The molecule has 1 amide bonds. The second-order valence-electron chi connectivity index (χ2n) is 6.71. The SMILES string of the molecule is COc1ccc(C(=O)NC(C)c2ccc(F)cc2)cc1COc1ccccc1OC. The van der Waals surface area contributed by atoms with Crippen molar-refractivity contribution in [2.24, 2.45) is 0 Å². The zero-order valence-electron chi connectivity index (χ0n) is 17.1. The van der Waals surface area contributed by atoms with E-state index in [4.69, 9.17) is 14.2 Å². The Morgan fingerprint density at radius 3 is 2.27 bits per heavy atom. The van der Waals surface area contributed by atoms with Gasteiger partial charge < -0.3 is 19.5 Å². The quantitative estimate of drug-likeness (QED) is 0.574. The summed E-state index contributed by atoms with van der Waals surface area (Å²) in [6, 6.07) is 18.3. The molecule has 0 saturated heterocycles. The first-order valence-electron chi connectivity index (χ1n) is 9.51. The van der Waals surface area contributed by atoms with Gasteiger partial charge in [0, 0.05) is 11.1 Å². The Morgan fingerprint density at radius 1 is 0.933 bits per heavy atom. The van der Waals surface area contributed by atoms with Crippen molar-refractivity contribution in [3.8, 4) is 17.2 Å². The van der Waals surface area contributed by atoms with Gasteiger partial charge in [0.25, 0.3) is 5.91 Å². The molecular weight excluding hydrogens is 385 g/mol. The molecule has 0 bridgehead atoms. The van der Waals surface area contributed by atoms with Crippen LogP contribution in [-0.4, -0.2) is 20.1 Å². The number of nitrogens with one attached hydrogen (secondary N) is 1. The fourth-order valence-corrected chi connectivity index (χ4v) is 3.04. The van der Waals surface area contributed by atoms with E-state index in [0.717, 1.165) is 11.1 Å². The van der Waals surface area contributed by atoms with Crippen molar-refractivity contribution in [2.45, 2.75) is 19.6 Å². The molecule has 0 fully saturated rings. The van der Waals surface area contributed by atoms with E-state index in [1.165, 1.54) is 12.1 Å². The van der Waals surface area contributed by atoms with Gasteiger partial charge in [0.05, 0.1) is 20.3 Å². The van der Waals surface area contributed by atoms with Crippen molar-refractivity contribution >= 4 is 5.91 Å². The minimum absolute atomic E-state index is 0.207. The maximum atomic E-state index is 13.1. The van der Waals surface area contributed by atoms with Gasteiger partial charge in [0.15, 0.2) is 11.5 Å². The van der Waals surface area contributed by atoms with Gasteiger partial charge in [0.2, 0.25) is 0 Å². The number of amides is 1. The molecule has 0 radical (unpaired) electrons. The molecular formula is C24H24FNO4. The molecule has 3 aromatic carbocycles. The molecule has 5 nitrogen and oxygen atoms in total. The van der Waals surface area contributed by atoms with Gasteiger partial charge in [-0.25, -0.2) is 4.39 Å². The smallest absolute Gasteiger partial charge is 0.251 e. The lowest BCUT2D eigenvalue weighted by atomic mass is 10.1. The number of carbonyl (C=O) groups is 1. The minimum atomic E-state index is -0.313. The fourth-order valence-electron chi connectivity index (χ4n) is 3.04. The minimum Gasteiger partial charge on any atom is -0.496 e. The van der Waals surface area contributed by atoms with Gasteiger partial charge in [-0.1, -0.05) is 24.3 Å². The van der Waals surface area contributed by atoms with Crippen LogP contribution >= 0.6 is 0 Å². The molecule has 3 aromatic rings. The van der Waals surface area contributed by atoms with E-state index in [1.807, 2.05) is 31.2 Å². The summed E-state index contributed by atoms with van der Waals surface area (Å²) in [7, 11) is 3.15. The number of hydrogen-bond acceptors (Lipinski definition) is 4. The summed E-state index contributed by atoms with van der Waals surface area (Å²) in [5.41, 5.74) is 2.02. The highest BCUT2D eigenvalue weighted by Gasteiger charge is 2.15. The van der Waals surface area contributed by atoms with E-state index >= 15 is 0 Å². The van der Waals surface area contributed by atoms with Crippen LogP contribution in [0.2, 0.25) is 0 Å². The first-order valence-corrected chi connectivity index (χ1v) is 9.51. The van der Waals surface area contributed by atoms with Crippen molar-refractivity contribution in [3.63, 3.8) is 0 Å². The number of hydrogen-bond donors (Lipinski definition) is 1. The maximum Gasteiger partial charge on any atom is 0.251 e. The molecule has 30 heavy (non-hydrogen) atoms. The van der Waals surface area contributed by atoms with E-state index < -0.39 is 0 Å². The molecule has 1 N–H and O–H groups in total. The normalized spacial score (nSPS) is 11.5. The Bertz CT molecular complexity index is 1000. The average molecular weight is 409 g/mol. The fraction of sp³-hybridized carbons (Fsp3) is 0.208. The first kappa shape index (κ1) is 21.2. The molecule has 0 saturated carbocycles. The number of ether oxygens (including phenoxy) is 3. The van der Waals surface area contributed by atoms with Gasteiger partial charge >= 0.3 is 0 Å². The second-order valence-corrected chi connectivity index (χ2v) is 6.71. The van der Waals surface area contributed by atoms with Gasteiger partial charge in [-0.05, 0) is 55.0 Å². The van der Waals surface area contributed by atoms with Crippen LogP contribution in [0.1, 0.15) is 34.5 Å². The predicted octanol–water partition coefficient (Wildman–Crippen LogP) is 4.91. The van der Waals surface area contributed by atoms with E-state index in [-0.39, 0.29) is 24.4 Å². The monoisotopic (exact) mass is 409 g/mol. The Kier molecular flexibility index (Phi) is 6.91. The third-order valence-electron chi connectivity index (χ3n) is 4.71. The zero-order chi connectivity index (χ0) is 21.5. The van der Waals surface area contributed by atoms with Gasteiger partial charge in [-0.15, -0.1) is 0 Å². The zero-order valence-corrected chi connectivity index (χ0v) is 17.1. The number of methoxy groups -OCH3 is 2. The highest BCUT2D eigenvalue weighted by molar-refractivity contribution is 5.94. The largest absolute Gasteiger partial charge is 0.496 e. The molecule has 6 heteroatoms. The van der Waals surface area contributed by atoms with Crippen LogP contribution in [-0.2, 0) is 6.61 Å². The van der Waals surface area contributed by atoms with E-state index in [1.54, 1.807) is 44.6 Å². The van der Waals surface area contributed by atoms with Crippen molar-refractivity contribution < 1.29 is 23.4 Å². The number of para-hydroxylation sites is 2. The first-order chi connectivity index (χ1) is 14.5. The highest BCUT2D eigenvalue weighted by atomic mass is 19.1. The lowest BCUT2D eigenvalue weighted by Gasteiger charge is -2.16. The van der Waals surface area contributed by atoms with Crippen LogP contribution in [0.3, 0.4) is 0 Å². The number of rotatable bonds is 8. The summed E-state index contributed by atoms with van der Waals surface area (Å²) in [6.45, 7) is 2.05. The predicted molar refractivity (Wildman–Crippen MR) is 113 cm³/mol. The van der Waals surface area contributed by atoms with Crippen LogP contribution in [0.25, 0.3) is 0 Å². The van der Waals surface area contributed by atoms with E-state index in [2.05, 4.69) is 5.32 Å². The molecule has 0 aromatic heterocycles. The highest BCUT2D eigenvalue weighted by Crippen LogP contribution is 2.28. The van der Waals surface area contributed by atoms with Crippen LogP contribution in [0, 0.1) is 5.82 Å². The molecule has 1 atom stereocenters. The third-order valence-corrected chi connectivity index (χ3v) is 4.71. The summed E-state index contributed by atoms with van der Waals surface area (Å²) in [6.07, 6.45) is 0. The summed E-state index contributed by atoms with van der Waals surface area (Å²) in [5, 5.41) is 2.93. The van der Waals surface area contributed by atoms with Crippen molar-refractivity contribution in [2.75, 3.05) is 14.2 Å². The van der Waals surface area contributed by atoms with Crippen molar-refractivity contribution in [3.05, 3.63) is 89.2 Å². The van der Waals surface area contributed by atoms with Gasteiger partial charge in [0.1, 0.15) is 18.2 Å². The van der Waals surface area contributed by atoms with Gasteiger partial charge in [-0.2, -0.15) is 0 Å². The second kappa shape index (κ2) is 9.78. The lowest BCUT2D eigenvalue weighted by molar-refractivity contribution is 0.0939. The number of carbonyl (C=O) groups excluding carboxylic acids is 1. The molecule has 0 aliphatic rings. The summed E-state index contributed by atoms with van der Waals surface area (Å²) >= 11 is 0. The topological polar surface area (TPSA) is 56.8 Å². The number of halogens is 1. The van der Waals surface area contributed by atoms with E-state index in [9.17, 15) is 9.18 Å². The van der Waals surface area contributed by atoms with E-state index in [0.29, 0.717) is 22.8 Å². The Labute approximate surface area is 175 Å². The molecule has 0 spiro atoms. The summed E-state index contributed by atoms with van der Waals surface area (Å²) in [4.78, 5) is 12.7. The molecule has 0 aliphatic heterocycles. The Balaban J connectivity index is 1.74. The molecule has 156 valence electrons. The van der Waals surface area contributed by atoms with Crippen LogP contribution < -0.4 is 19.5 Å². The van der Waals surface area contributed by atoms with Crippen molar-refractivity contribution in [1.29, 1.82) is 0 Å². The van der Waals surface area contributed by atoms with Gasteiger partial charge in [-0.3, -0.25) is 4.79 Å². The summed E-state index contributed by atoms with van der Waals surface area (Å²) in [5.74, 6) is 1.29. The van der Waals surface area contributed by atoms with Crippen LogP contribution in [0.15, 0.2) is 66.7 Å². The Morgan fingerprint density at radius 2 is 1.60 bits per heavy atom. The lowest BCUT2D eigenvalue weighted by Crippen LogP contribution is -2.26. The molecule has 1 unspecified atom stereocenters. The molecule has 0 heterocycles. The standard InChI is InChI=1S/C24H24FNO4/c1-16(17-8-11-20(25)12-9-17)26-24(27)18-10-13-21(28-2)19(14-18)15-30-23-7-5-4-6-22(23)29-3/h4-14,16H,15H2,1-3H3,(H,26,27). The van der Waals surface area contributed by atoms with Crippen LogP contribution in [0.4, 0.5) is 4.39 Å². The molecule has 0 aliphatic carbocycles. The Hall–Kier alpha value is -3.54. The summed E-state index contributed by atoms with van der Waals surface area (Å²) < 4.78 is 29.7. The average Bonchev–Trinajstić information content (AvgIpc) is 2.77. The van der Waals surface area contributed by atoms with Crippen molar-refractivity contribution in [1.82, 2.24) is 5.32 Å².